The summed E-state index contributed by atoms with van der Waals surface area (Å²) in [6.07, 6.45) is 1.54. The third kappa shape index (κ3) is 8.44. The van der Waals surface area contributed by atoms with Crippen LogP contribution in [0, 0.1) is 6.92 Å². The summed E-state index contributed by atoms with van der Waals surface area (Å²) in [6.45, 7) is 2.03. The Kier molecular flexibility index (Phi) is 10.2. The van der Waals surface area contributed by atoms with Crippen molar-refractivity contribution in [2.75, 3.05) is 16.4 Å². The lowest BCUT2D eigenvalue weighted by Crippen LogP contribution is -2.30. The second-order valence-electron chi connectivity index (χ2n) is 9.62. The number of thioether (sulfide) groups is 1. The van der Waals surface area contributed by atoms with Crippen LogP contribution in [0.5, 0.6) is 0 Å². The Hall–Kier alpha value is -4.70. The number of amides is 3. The first kappa shape index (κ1) is 30.7. The average molecular weight is 639 g/mol. The first-order valence-electron chi connectivity index (χ1n) is 13.5. The van der Waals surface area contributed by atoms with E-state index in [-0.39, 0.29) is 17.4 Å². The van der Waals surface area contributed by atoms with Crippen molar-refractivity contribution in [1.29, 1.82) is 0 Å². The van der Waals surface area contributed by atoms with Crippen LogP contribution in [0.15, 0.2) is 119 Å². The highest BCUT2D eigenvalue weighted by molar-refractivity contribution is 8.00. The molecule has 5 rings (SSSR count). The molecule has 44 heavy (non-hydrogen) atoms. The lowest BCUT2D eigenvalue weighted by atomic mass is 10.1. The van der Waals surface area contributed by atoms with Crippen LogP contribution in [-0.2, 0) is 9.59 Å². The fourth-order valence-electron chi connectivity index (χ4n) is 4.02. The van der Waals surface area contributed by atoms with E-state index in [4.69, 9.17) is 11.6 Å². The van der Waals surface area contributed by atoms with Crippen molar-refractivity contribution in [3.05, 3.63) is 136 Å². The van der Waals surface area contributed by atoms with Crippen molar-refractivity contribution in [2.24, 2.45) is 0 Å². The zero-order valence-corrected chi connectivity index (χ0v) is 25.9. The minimum Gasteiger partial charge on any atom is -0.321 e. The lowest BCUT2D eigenvalue weighted by Gasteiger charge is -2.12. The number of aryl methyl sites for hydroxylation is 1. The average Bonchev–Trinajstić information content (AvgIpc) is 3.50. The van der Waals surface area contributed by atoms with Gasteiger partial charge in [0, 0.05) is 32.1 Å². The van der Waals surface area contributed by atoms with E-state index in [2.05, 4.69) is 20.9 Å². The molecule has 1 heterocycles. The first-order valence-corrected chi connectivity index (χ1v) is 15.8. The van der Waals surface area contributed by atoms with Gasteiger partial charge in [-0.1, -0.05) is 77.8 Å². The molecule has 0 bridgehead atoms. The molecule has 0 saturated carbocycles. The minimum absolute atomic E-state index is 0.0368. The highest BCUT2D eigenvalue weighted by atomic mass is 35.5. The number of benzene rings is 4. The quantitative estimate of drug-likeness (QED) is 0.107. The van der Waals surface area contributed by atoms with E-state index in [0.717, 1.165) is 16.2 Å². The number of anilines is 2. The SMILES string of the molecule is Cc1ccc(-c2csc(NC(=O)CSc3ccc(NC(=O)/C(=C/c4ccccc4Cl)NC(=O)c4ccccc4)cc3)n2)cc1. The van der Waals surface area contributed by atoms with Crippen LogP contribution in [0.2, 0.25) is 5.02 Å². The van der Waals surface area contributed by atoms with Gasteiger partial charge in [-0.3, -0.25) is 14.4 Å². The fourth-order valence-corrected chi connectivity index (χ4v) is 5.64. The van der Waals surface area contributed by atoms with E-state index in [1.807, 2.05) is 54.8 Å². The van der Waals surface area contributed by atoms with Gasteiger partial charge in [0.1, 0.15) is 5.70 Å². The van der Waals surface area contributed by atoms with E-state index in [1.165, 1.54) is 34.7 Å². The lowest BCUT2D eigenvalue weighted by molar-refractivity contribution is -0.114. The van der Waals surface area contributed by atoms with Crippen LogP contribution in [0.1, 0.15) is 21.5 Å². The molecule has 3 N–H and O–H groups in total. The van der Waals surface area contributed by atoms with Crippen LogP contribution in [0.3, 0.4) is 0 Å². The third-order valence-corrected chi connectivity index (χ3v) is 8.43. The Morgan fingerprint density at radius 2 is 1.57 bits per heavy atom. The van der Waals surface area contributed by atoms with Crippen molar-refractivity contribution >= 4 is 69.3 Å². The molecule has 0 aliphatic rings. The minimum atomic E-state index is -0.512. The third-order valence-electron chi connectivity index (χ3n) is 6.31. The molecule has 0 atom stereocenters. The zero-order valence-electron chi connectivity index (χ0n) is 23.5. The molecule has 220 valence electrons. The first-order chi connectivity index (χ1) is 21.3. The van der Waals surface area contributed by atoms with Gasteiger partial charge in [-0.05, 0) is 61.0 Å². The molecular formula is C34H27ClN4O3S2. The van der Waals surface area contributed by atoms with Crippen molar-refractivity contribution in [3.8, 4) is 11.3 Å². The number of halogens is 1. The van der Waals surface area contributed by atoms with Crippen molar-refractivity contribution in [2.45, 2.75) is 11.8 Å². The molecule has 5 aromatic rings. The topological polar surface area (TPSA) is 100 Å². The van der Waals surface area contributed by atoms with Crippen LogP contribution in [0.4, 0.5) is 10.8 Å². The maximum atomic E-state index is 13.3. The summed E-state index contributed by atoms with van der Waals surface area (Å²) in [7, 11) is 0. The summed E-state index contributed by atoms with van der Waals surface area (Å²) in [5, 5.41) is 11.3. The molecule has 0 spiro atoms. The van der Waals surface area contributed by atoms with E-state index in [1.54, 1.807) is 60.7 Å². The van der Waals surface area contributed by atoms with E-state index in [0.29, 0.717) is 27.0 Å². The molecule has 4 aromatic carbocycles. The molecule has 0 fully saturated rings. The van der Waals surface area contributed by atoms with Crippen LogP contribution >= 0.6 is 34.7 Å². The van der Waals surface area contributed by atoms with E-state index < -0.39 is 11.8 Å². The predicted molar refractivity (Wildman–Crippen MR) is 180 cm³/mol. The highest BCUT2D eigenvalue weighted by Crippen LogP contribution is 2.26. The second-order valence-corrected chi connectivity index (χ2v) is 11.9. The Morgan fingerprint density at radius 3 is 2.30 bits per heavy atom. The smallest absolute Gasteiger partial charge is 0.272 e. The molecule has 7 nitrogen and oxygen atoms in total. The monoisotopic (exact) mass is 638 g/mol. The number of nitrogens with zero attached hydrogens (tertiary/aromatic N) is 1. The van der Waals surface area contributed by atoms with Gasteiger partial charge in [0.05, 0.1) is 11.4 Å². The van der Waals surface area contributed by atoms with Gasteiger partial charge in [0.2, 0.25) is 5.91 Å². The van der Waals surface area contributed by atoms with Crippen LogP contribution in [0.25, 0.3) is 17.3 Å². The van der Waals surface area contributed by atoms with Crippen molar-refractivity contribution in [3.63, 3.8) is 0 Å². The molecule has 0 saturated heterocycles. The van der Waals surface area contributed by atoms with Gasteiger partial charge >= 0.3 is 0 Å². The predicted octanol–water partition coefficient (Wildman–Crippen LogP) is 7.91. The van der Waals surface area contributed by atoms with Crippen LogP contribution in [-0.4, -0.2) is 28.5 Å². The summed E-state index contributed by atoms with van der Waals surface area (Å²) >= 11 is 9.06. The maximum absolute atomic E-state index is 13.3. The normalized spacial score (nSPS) is 11.1. The summed E-state index contributed by atoms with van der Waals surface area (Å²) < 4.78 is 0. The Balaban J connectivity index is 1.19. The molecule has 10 heteroatoms. The van der Waals surface area contributed by atoms with Gasteiger partial charge in [-0.15, -0.1) is 23.1 Å². The molecule has 3 amide bonds. The Morgan fingerprint density at radius 1 is 0.864 bits per heavy atom. The number of thiazole rings is 1. The Labute approximate surface area is 268 Å². The van der Waals surface area contributed by atoms with E-state index >= 15 is 0 Å². The Bertz CT molecular complexity index is 1800. The molecular weight excluding hydrogens is 612 g/mol. The van der Waals surface area contributed by atoms with Gasteiger partial charge in [0.15, 0.2) is 5.13 Å². The standard InChI is InChI=1S/C34H27ClN4O3S2/c1-22-11-13-23(14-12-22)30-20-44-34(38-30)39-31(40)21-43-27-17-15-26(16-18-27)36-33(42)29(19-25-9-5-6-10-28(25)35)37-32(41)24-7-3-2-4-8-24/h2-20H,21H2,1H3,(H,36,42)(H,37,41)(H,38,39,40)/b29-19-. The largest absolute Gasteiger partial charge is 0.321 e. The number of nitrogens with one attached hydrogen (secondary N) is 3. The molecule has 0 unspecified atom stereocenters. The number of hydrogen-bond acceptors (Lipinski definition) is 6. The number of carbonyl (C=O) groups is 3. The summed E-state index contributed by atoms with van der Waals surface area (Å²) in [6, 6.07) is 30.8. The molecule has 0 radical (unpaired) electrons. The summed E-state index contributed by atoms with van der Waals surface area (Å²) in [5.74, 6) is -0.905. The van der Waals surface area contributed by atoms with Gasteiger partial charge < -0.3 is 16.0 Å². The van der Waals surface area contributed by atoms with Crippen LogP contribution < -0.4 is 16.0 Å². The van der Waals surface area contributed by atoms with Crippen molar-refractivity contribution < 1.29 is 14.4 Å². The van der Waals surface area contributed by atoms with Gasteiger partial charge in [0.25, 0.3) is 11.8 Å². The fraction of sp³-hybridized carbons (Fsp3) is 0.0588. The molecule has 0 aliphatic heterocycles. The molecule has 1 aromatic heterocycles. The summed E-state index contributed by atoms with van der Waals surface area (Å²) in [5.41, 5.74) is 4.55. The number of carbonyl (C=O) groups excluding carboxylic acids is 3. The molecule has 0 aliphatic carbocycles. The number of aromatic nitrogens is 1. The van der Waals surface area contributed by atoms with Gasteiger partial charge in [-0.2, -0.15) is 0 Å². The van der Waals surface area contributed by atoms with Gasteiger partial charge in [-0.25, -0.2) is 4.98 Å². The number of rotatable bonds is 10. The van der Waals surface area contributed by atoms with Crippen molar-refractivity contribution in [1.82, 2.24) is 10.3 Å². The maximum Gasteiger partial charge on any atom is 0.272 e. The summed E-state index contributed by atoms with van der Waals surface area (Å²) in [4.78, 5) is 44.1. The van der Waals surface area contributed by atoms with E-state index in [9.17, 15) is 14.4 Å². The highest BCUT2D eigenvalue weighted by Gasteiger charge is 2.16. The number of hydrogen-bond donors (Lipinski definition) is 3. The second kappa shape index (κ2) is 14.7. The zero-order chi connectivity index (χ0) is 30.9.